The van der Waals surface area contributed by atoms with Crippen molar-refractivity contribution in [2.75, 3.05) is 6.54 Å². The van der Waals surface area contributed by atoms with Gasteiger partial charge in [0.1, 0.15) is 5.82 Å². The summed E-state index contributed by atoms with van der Waals surface area (Å²) in [7, 11) is 0. The van der Waals surface area contributed by atoms with E-state index < -0.39 is 11.9 Å². The molecule has 0 fully saturated rings. The number of halogens is 2. The van der Waals surface area contributed by atoms with Crippen molar-refractivity contribution >= 4 is 27.4 Å². The normalized spacial score (nSPS) is 12.1. The van der Waals surface area contributed by atoms with Crippen LogP contribution in [-0.4, -0.2) is 26.6 Å². The molecule has 1 atom stereocenters. The van der Waals surface area contributed by atoms with Crippen molar-refractivity contribution in [3.05, 3.63) is 103 Å². The van der Waals surface area contributed by atoms with Gasteiger partial charge in [-0.1, -0.05) is 37.3 Å². The average Bonchev–Trinajstić information content (AvgIpc) is 3.17. The summed E-state index contributed by atoms with van der Waals surface area (Å²) < 4.78 is 17.7. The Kier molecular flexibility index (Phi) is 8.01. The fourth-order valence-corrected chi connectivity index (χ4v) is 4.72. The maximum atomic E-state index is 13.9. The van der Waals surface area contributed by atoms with E-state index >= 15 is 0 Å². The third kappa shape index (κ3) is 5.27. The van der Waals surface area contributed by atoms with Gasteiger partial charge >= 0.3 is 5.69 Å². The fourth-order valence-electron chi connectivity index (χ4n) is 4.36. The summed E-state index contributed by atoms with van der Waals surface area (Å²) in [6, 6.07) is 15.3. The van der Waals surface area contributed by atoms with Crippen LogP contribution in [0.5, 0.6) is 0 Å². The zero-order chi connectivity index (χ0) is 25.8. The van der Waals surface area contributed by atoms with Crippen LogP contribution in [0.15, 0.2) is 63.9 Å². The predicted molar refractivity (Wildman–Crippen MR) is 142 cm³/mol. The first-order chi connectivity index (χ1) is 17.3. The number of carbonyl (C=O) groups is 1. The van der Waals surface area contributed by atoms with Gasteiger partial charge in [0.2, 0.25) is 0 Å². The number of carbonyl (C=O) groups excluding carboxylic acids is 1. The van der Waals surface area contributed by atoms with E-state index in [1.165, 1.54) is 22.7 Å². The van der Waals surface area contributed by atoms with Crippen LogP contribution in [0.3, 0.4) is 0 Å². The largest absolute Gasteiger partial charge is 0.349 e. The molecule has 2 heterocycles. The highest BCUT2D eigenvalue weighted by atomic mass is 79.9. The van der Waals surface area contributed by atoms with E-state index in [1.54, 1.807) is 4.57 Å². The highest BCUT2D eigenvalue weighted by Crippen LogP contribution is 2.26. The summed E-state index contributed by atoms with van der Waals surface area (Å²) >= 11 is 3.54. The predicted octanol–water partition coefficient (Wildman–Crippen LogP) is 4.53. The third-order valence-electron chi connectivity index (χ3n) is 6.25. The van der Waals surface area contributed by atoms with Gasteiger partial charge in [0.05, 0.1) is 28.3 Å². The van der Waals surface area contributed by atoms with Gasteiger partial charge in [-0.05, 0) is 84.1 Å². The summed E-state index contributed by atoms with van der Waals surface area (Å²) in [5, 5.41) is 7.48. The maximum absolute atomic E-state index is 13.9. The molecule has 0 saturated heterocycles. The quantitative estimate of drug-likeness (QED) is 0.318. The minimum absolute atomic E-state index is 0.293. The molecule has 4 rings (SSSR count). The lowest BCUT2D eigenvalue weighted by Gasteiger charge is -2.23. The SMILES string of the molecule is CCC(NC(=O)c1ccc(F)cc1CCCN)c1cc2c(Br)c(C)nn2c(=O)n1Cc1ccccc1. The van der Waals surface area contributed by atoms with Gasteiger partial charge in [-0.25, -0.2) is 9.18 Å². The van der Waals surface area contributed by atoms with Crippen LogP contribution in [0.2, 0.25) is 0 Å². The second-order valence-corrected chi connectivity index (χ2v) is 9.54. The zero-order valence-corrected chi connectivity index (χ0v) is 21.9. The number of rotatable bonds is 9. The first-order valence-corrected chi connectivity index (χ1v) is 12.7. The molecule has 36 heavy (non-hydrogen) atoms. The molecule has 9 heteroatoms. The molecule has 2 aromatic carbocycles. The van der Waals surface area contributed by atoms with Crippen molar-refractivity contribution in [3.63, 3.8) is 0 Å². The minimum Gasteiger partial charge on any atom is -0.344 e. The standard InChI is InChI=1S/C27H29BrFN5O2/c1-3-22(31-26(35)21-12-11-20(29)14-19(21)10-7-13-30)23-15-24-25(28)17(2)32-34(24)27(36)33(23)16-18-8-5-4-6-9-18/h4-6,8-9,11-12,14-15,22H,3,7,10,13,16,30H2,1-2H3,(H,31,35). The molecule has 0 aliphatic carbocycles. The Balaban J connectivity index is 1.78. The van der Waals surface area contributed by atoms with Crippen LogP contribution in [0, 0.1) is 12.7 Å². The number of aromatic nitrogens is 3. The molecule has 3 N–H and O–H groups in total. The first kappa shape index (κ1) is 25.8. The Morgan fingerprint density at radius 2 is 1.94 bits per heavy atom. The Morgan fingerprint density at radius 3 is 2.64 bits per heavy atom. The van der Waals surface area contributed by atoms with Gasteiger partial charge in [0, 0.05) is 11.3 Å². The number of hydrogen-bond donors (Lipinski definition) is 2. The number of amides is 1. The highest BCUT2D eigenvalue weighted by molar-refractivity contribution is 9.10. The molecule has 1 unspecified atom stereocenters. The van der Waals surface area contributed by atoms with Gasteiger partial charge in [0.25, 0.3) is 5.91 Å². The molecule has 0 bridgehead atoms. The molecule has 0 radical (unpaired) electrons. The first-order valence-electron chi connectivity index (χ1n) is 12.0. The van der Waals surface area contributed by atoms with Crippen LogP contribution >= 0.6 is 15.9 Å². The zero-order valence-electron chi connectivity index (χ0n) is 20.3. The monoisotopic (exact) mass is 553 g/mol. The van der Waals surface area contributed by atoms with Gasteiger partial charge in [-0.2, -0.15) is 9.61 Å². The second kappa shape index (κ2) is 11.2. The molecule has 4 aromatic rings. The summed E-state index contributed by atoms with van der Waals surface area (Å²) in [6.45, 7) is 4.55. The van der Waals surface area contributed by atoms with Crippen molar-refractivity contribution < 1.29 is 9.18 Å². The molecule has 0 aliphatic rings. The van der Waals surface area contributed by atoms with E-state index in [0.717, 1.165) is 10.0 Å². The Labute approximate surface area is 217 Å². The molecular weight excluding hydrogens is 525 g/mol. The van der Waals surface area contributed by atoms with Crippen LogP contribution in [0.1, 0.15) is 58.7 Å². The highest BCUT2D eigenvalue weighted by Gasteiger charge is 2.23. The molecule has 2 aromatic heterocycles. The van der Waals surface area contributed by atoms with Crippen LogP contribution in [-0.2, 0) is 13.0 Å². The number of benzene rings is 2. The van der Waals surface area contributed by atoms with E-state index in [-0.39, 0.29) is 11.6 Å². The molecular formula is C27H29BrFN5O2. The van der Waals surface area contributed by atoms with E-state index in [9.17, 15) is 14.0 Å². The lowest BCUT2D eigenvalue weighted by molar-refractivity contribution is 0.0932. The summed E-state index contributed by atoms with van der Waals surface area (Å²) in [6.07, 6.45) is 1.68. The number of fused-ring (bicyclic) bond motifs is 1. The summed E-state index contributed by atoms with van der Waals surface area (Å²) in [5.41, 5.74) is 9.30. The maximum Gasteiger partial charge on any atom is 0.349 e. The topological polar surface area (TPSA) is 94.4 Å². The van der Waals surface area contributed by atoms with E-state index in [2.05, 4.69) is 26.3 Å². The van der Waals surface area contributed by atoms with Crippen molar-refractivity contribution in [3.8, 4) is 0 Å². The molecule has 0 saturated carbocycles. The van der Waals surface area contributed by atoms with Crippen LogP contribution in [0.25, 0.3) is 5.52 Å². The van der Waals surface area contributed by atoms with E-state index in [1.807, 2.05) is 50.2 Å². The smallest absolute Gasteiger partial charge is 0.344 e. The van der Waals surface area contributed by atoms with E-state index in [4.69, 9.17) is 5.73 Å². The van der Waals surface area contributed by atoms with Crippen LogP contribution < -0.4 is 16.7 Å². The lowest BCUT2D eigenvalue weighted by atomic mass is 10.0. The Bertz CT molecular complexity index is 1450. The van der Waals surface area contributed by atoms with E-state index in [0.29, 0.717) is 60.4 Å². The van der Waals surface area contributed by atoms with Gasteiger partial charge in [-0.15, -0.1) is 0 Å². The van der Waals surface area contributed by atoms with Crippen molar-refractivity contribution in [1.82, 2.24) is 19.5 Å². The van der Waals surface area contributed by atoms with Gasteiger partial charge in [-0.3, -0.25) is 9.36 Å². The van der Waals surface area contributed by atoms with Crippen LogP contribution in [0.4, 0.5) is 4.39 Å². The number of nitrogens with zero attached hydrogens (tertiary/aromatic N) is 3. The van der Waals surface area contributed by atoms with Crippen molar-refractivity contribution in [2.24, 2.45) is 5.73 Å². The number of nitrogens with two attached hydrogens (primary N) is 1. The number of aryl methyl sites for hydroxylation is 2. The summed E-state index contributed by atoms with van der Waals surface area (Å²) in [4.78, 5) is 27.0. The minimum atomic E-state index is -0.464. The lowest BCUT2D eigenvalue weighted by Crippen LogP contribution is -2.36. The average molecular weight is 554 g/mol. The molecule has 0 aliphatic heterocycles. The summed E-state index contributed by atoms with van der Waals surface area (Å²) in [5.74, 6) is -0.718. The third-order valence-corrected chi connectivity index (χ3v) is 7.23. The number of hydrogen-bond acceptors (Lipinski definition) is 4. The number of nitrogens with one attached hydrogen (secondary N) is 1. The van der Waals surface area contributed by atoms with Crippen molar-refractivity contribution in [1.29, 1.82) is 0 Å². The second-order valence-electron chi connectivity index (χ2n) is 8.75. The van der Waals surface area contributed by atoms with Crippen molar-refractivity contribution in [2.45, 2.75) is 45.7 Å². The molecule has 1 amide bonds. The molecule has 188 valence electrons. The fraction of sp³-hybridized carbons (Fsp3) is 0.296. The van der Waals surface area contributed by atoms with Gasteiger partial charge in [0.15, 0.2) is 0 Å². The Hall–Kier alpha value is -3.30. The Morgan fingerprint density at radius 1 is 1.19 bits per heavy atom. The molecule has 0 spiro atoms. The van der Waals surface area contributed by atoms with Gasteiger partial charge < -0.3 is 11.1 Å². The molecule has 7 nitrogen and oxygen atoms in total.